The Morgan fingerprint density at radius 2 is 1.74 bits per heavy atom. The van der Waals surface area contributed by atoms with Gasteiger partial charge < -0.3 is 19.4 Å². The van der Waals surface area contributed by atoms with Crippen molar-refractivity contribution in [1.82, 2.24) is 14.9 Å². The largest absolute Gasteiger partial charge is 0.497 e. The molecule has 0 unspecified atom stereocenters. The molecule has 0 fully saturated rings. The Labute approximate surface area is 200 Å². The van der Waals surface area contributed by atoms with Crippen molar-refractivity contribution >= 4 is 16.9 Å². The molecular formula is C28H31N3O3. The van der Waals surface area contributed by atoms with Crippen LogP contribution in [0.1, 0.15) is 41.0 Å². The number of amides is 1. The molecule has 0 aliphatic heterocycles. The molecule has 1 aromatic heterocycles. The Balaban J connectivity index is 1.33. The van der Waals surface area contributed by atoms with Gasteiger partial charge in [-0.05, 0) is 49.2 Å². The molecule has 6 nitrogen and oxygen atoms in total. The Bertz CT molecular complexity index is 1250. The monoisotopic (exact) mass is 457 g/mol. The van der Waals surface area contributed by atoms with Gasteiger partial charge in [0.25, 0.3) is 5.91 Å². The van der Waals surface area contributed by atoms with Gasteiger partial charge in [-0.1, -0.05) is 42.8 Å². The minimum absolute atomic E-state index is 0.0718. The number of aromatic nitrogens is 2. The predicted octanol–water partition coefficient (Wildman–Crippen LogP) is 5.24. The topological polar surface area (TPSA) is 65.4 Å². The number of para-hydroxylation sites is 3. The molecule has 0 aliphatic carbocycles. The fourth-order valence-corrected chi connectivity index (χ4v) is 4.15. The van der Waals surface area contributed by atoms with Gasteiger partial charge in [-0.2, -0.15) is 0 Å². The van der Waals surface area contributed by atoms with E-state index in [4.69, 9.17) is 14.5 Å². The normalized spacial score (nSPS) is 10.9. The lowest BCUT2D eigenvalue weighted by Crippen LogP contribution is -2.24. The smallest absolute Gasteiger partial charge is 0.251 e. The van der Waals surface area contributed by atoms with Crippen LogP contribution in [0.15, 0.2) is 72.8 Å². The molecule has 0 saturated heterocycles. The first-order chi connectivity index (χ1) is 16.7. The van der Waals surface area contributed by atoms with Crippen LogP contribution in [-0.4, -0.2) is 36.2 Å². The van der Waals surface area contributed by atoms with Crippen LogP contribution in [0.2, 0.25) is 0 Å². The second kappa shape index (κ2) is 11.4. The van der Waals surface area contributed by atoms with E-state index in [1.807, 2.05) is 36.4 Å². The highest BCUT2D eigenvalue weighted by Gasteiger charge is 2.13. The van der Waals surface area contributed by atoms with Crippen molar-refractivity contribution in [3.8, 4) is 11.5 Å². The molecule has 0 spiro atoms. The molecule has 3 aromatic carbocycles. The number of benzene rings is 3. The van der Waals surface area contributed by atoms with Gasteiger partial charge in [0.2, 0.25) is 0 Å². The SMILES string of the molecule is COc1cccc(C(=O)NCCCCCc2nc3ccccc3n2Cc2ccccc2OC)c1. The summed E-state index contributed by atoms with van der Waals surface area (Å²) < 4.78 is 13.0. The van der Waals surface area contributed by atoms with Gasteiger partial charge >= 0.3 is 0 Å². The molecule has 4 rings (SSSR count). The first kappa shape index (κ1) is 23.4. The summed E-state index contributed by atoms with van der Waals surface area (Å²) in [6, 6.07) is 23.6. The summed E-state index contributed by atoms with van der Waals surface area (Å²) in [5.41, 5.74) is 3.89. The van der Waals surface area contributed by atoms with Crippen LogP contribution in [0, 0.1) is 0 Å². The van der Waals surface area contributed by atoms with Gasteiger partial charge in [-0.15, -0.1) is 0 Å². The highest BCUT2D eigenvalue weighted by molar-refractivity contribution is 5.94. The van der Waals surface area contributed by atoms with Crippen molar-refractivity contribution in [1.29, 1.82) is 0 Å². The number of aryl methyl sites for hydroxylation is 1. The van der Waals surface area contributed by atoms with E-state index in [1.165, 1.54) is 0 Å². The zero-order valence-corrected chi connectivity index (χ0v) is 19.8. The average molecular weight is 458 g/mol. The molecule has 4 aromatic rings. The molecule has 176 valence electrons. The van der Waals surface area contributed by atoms with E-state index < -0.39 is 0 Å². The molecule has 1 heterocycles. The van der Waals surface area contributed by atoms with Gasteiger partial charge in [0.1, 0.15) is 17.3 Å². The lowest BCUT2D eigenvalue weighted by Gasteiger charge is -2.12. The third-order valence-corrected chi connectivity index (χ3v) is 5.95. The van der Waals surface area contributed by atoms with Crippen molar-refractivity contribution < 1.29 is 14.3 Å². The Morgan fingerprint density at radius 3 is 2.59 bits per heavy atom. The molecule has 0 radical (unpaired) electrons. The Hall–Kier alpha value is -3.80. The first-order valence-corrected chi connectivity index (χ1v) is 11.7. The molecule has 1 N–H and O–H groups in total. The van der Waals surface area contributed by atoms with Gasteiger partial charge in [-0.3, -0.25) is 4.79 Å². The molecule has 34 heavy (non-hydrogen) atoms. The number of nitrogens with zero attached hydrogens (tertiary/aromatic N) is 2. The number of methoxy groups -OCH3 is 2. The van der Waals surface area contributed by atoms with Gasteiger partial charge in [0.05, 0.1) is 31.8 Å². The predicted molar refractivity (Wildman–Crippen MR) is 135 cm³/mol. The Morgan fingerprint density at radius 1 is 0.912 bits per heavy atom. The molecule has 0 bridgehead atoms. The van der Waals surface area contributed by atoms with Crippen LogP contribution in [0.25, 0.3) is 11.0 Å². The highest BCUT2D eigenvalue weighted by atomic mass is 16.5. The van der Waals surface area contributed by atoms with Crippen molar-refractivity contribution in [3.05, 3.63) is 89.7 Å². The van der Waals surface area contributed by atoms with Gasteiger partial charge in [0, 0.05) is 24.1 Å². The molecular weight excluding hydrogens is 426 g/mol. The zero-order valence-electron chi connectivity index (χ0n) is 19.8. The fourth-order valence-electron chi connectivity index (χ4n) is 4.15. The summed E-state index contributed by atoms with van der Waals surface area (Å²) in [6.07, 6.45) is 3.82. The van der Waals surface area contributed by atoms with Crippen molar-refractivity contribution in [3.63, 3.8) is 0 Å². The maximum atomic E-state index is 12.3. The summed E-state index contributed by atoms with van der Waals surface area (Å²) in [5.74, 6) is 2.58. The number of hydrogen-bond acceptors (Lipinski definition) is 4. The number of carbonyl (C=O) groups is 1. The van der Waals surface area contributed by atoms with E-state index in [2.05, 4.69) is 34.1 Å². The van der Waals surface area contributed by atoms with E-state index in [9.17, 15) is 4.79 Å². The summed E-state index contributed by atoms with van der Waals surface area (Å²) in [4.78, 5) is 17.3. The van der Waals surface area contributed by atoms with E-state index >= 15 is 0 Å². The van der Waals surface area contributed by atoms with E-state index in [1.54, 1.807) is 26.4 Å². The molecule has 6 heteroatoms. The summed E-state index contributed by atoms with van der Waals surface area (Å²) >= 11 is 0. The molecule has 0 saturated carbocycles. The average Bonchev–Trinajstić information content (AvgIpc) is 3.23. The van der Waals surface area contributed by atoms with Gasteiger partial charge in [0.15, 0.2) is 0 Å². The number of unbranched alkanes of at least 4 members (excludes halogenated alkanes) is 2. The number of imidazole rings is 1. The van der Waals surface area contributed by atoms with Crippen LogP contribution < -0.4 is 14.8 Å². The third-order valence-electron chi connectivity index (χ3n) is 5.95. The van der Waals surface area contributed by atoms with Crippen LogP contribution in [0.4, 0.5) is 0 Å². The number of rotatable bonds is 11. The van der Waals surface area contributed by atoms with Crippen LogP contribution in [-0.2, 0) is 13.0 Å². The first-order valence-electron chi connectivity index (χ1n) is 11.7. The molecule has 1 amide bonds. The van der Waals surface area contributed by atoms with E-state index in [0.717, 1.165) is 60.4 Å². The quantitative estimate of drug-likeness (QED) is 0.313. The zero-order chi connectivity index (χ0) is 23.8. The minimum atomic E-state index is -0.0718. The van der Waals surface area contributed by atoms with Crippen molar-refractivity contribution in [2.24, 2.45) is 0 Å². The number of nitrogens with one attached hydrogen (secondary N) is 1. The second-order valence-corrected chi connectivity index (χ2v) is 8.21. The Kier molecular flexibility index (Phi) is 7.81. The van der Waals surface area contributed by atoms with Crippen molar-refractivity contribution in [2.75, 3.05) is 20.8 Å². The number of carbonyl (C=O) groups excluding carboxylic acids is 1. The summed E-state index contributed by atoms with van der Waals surface area (Å²) in [6.45, 7) is 1.37. The lowest BCUT2D eigenvalue weighted by atomic mass is 10.1. The van der Waals surface area contributed by atoms with Gasteiger partial charge in [-0.25, -0.2) is 4.98 Å². The highest BCUT2D eigenvalue weighted by Crippen LogP contribution is 2.24. The van der Waals surface area contributed by atoms with Crippen LogP contribution in [0.3, 0.4) is 0 Å². The third kappa shape index (κ3) is 5.57. The van der Waals surface area contributed by atoms with E-state index in [-0.39, 0.29) is 5.91 Å². The maximum absolute atomic E-state index is 12.3. The van der Waals surface area contributed by atoms with Crippen LogP contribution in [0.5, 0.6) is 11.5 Å². The molecule has 0 aliphatic rings. The summed E-state index contributed by atoms with van der Waals surface area (Å²) in [7, 11) is 3.31. The van der Waals surface area contributed by atoms with Crippen molar-refractivity contribution in [2.45, 2.75) is 32.2 Å². The standard InChI is InChI=1S/C28H31N3O3/c1-33-23-13-10-12-21(19-23)28(32)29-18-9-3-4-17-27-30-24-14-6-7-15-25(24)31(27)20-22-11-5-8-16-26(22)34-2/h5-8,10-16,19H,3-4,9,17-18,20H2,1-2H3,(H,29,32). The minimum Gasteiger partial charge on any atom is -0.497 e. The van der Waals surface area contributed by atoms with E-state index in [0.29, 0.717) is 17.9 Å². The lowest BCUT2D eigenvalue weighted by molar-refractivity contribution is 0.0952. The van der Waals surface area contributed by atoms with Crippen LogP contribution >= 0.6 is 0 Å². The maximum Gasteiger partial charge on any atom is 0.251 e. The number of ether oxygens (including phenoxy) is 2. The number of fused-ring (bicyclic) bond motifs is 1. The second-order valence-electron chi connectivity index (χ2n) is 8.21. The molecule has 0 atom stereocenters. The fraction of sp³-hybridized carbons (Fsp3) is 0.286. The summed E-state index contributed by atoms with van der Waals surface area (Å²) in [5, 5.41) is 3.00. The number of hydrogen-bond donors (Lipinski definition) is 1.